The van der Waals surface area contributed by atoms with Crippen LogP contribution in [0.4, 0.5) is 11.4 Å². The van der Waals surface area contributed by atoms with E-state index in [4.69, 9.17) is 0 Å². The molecule has 3 aromatic rings. The molecule has 0 saturated carbocycles. The number of amides is 1. The lowest BCUT2D eigenvalue weighted by Gasteiger charge is -2.25. The van der Waals surface area contributed by atoms with Gasteiger partial charge in [-0.15, -0.1) is 0 Å². The zero-order valence-electron chi connectivity index (χ0n) is 18.6. The van der Waals surface area contributed by atoms with E-state index in [1.165, 1.54) is 4.31 Å². The number of aryl methyl sites for hydroxylation is 5. The fraction of sp³-hybridized carbons (Fsp3) is 0.240. The molecule has 0 aliphatic heterocycles. The fourth-order valence-electron chi connectivity index (χ4n) is 3.62. The molecule has 31 heavy (non-hydrogen) atoms. The van der Waals surface area contributed by atoms with Gasteiger partial charge in [0.2, 0.25) is 5.91 Å². The molecular weight excluding hydrogens is 408 g/mol. The Bertz CT molecular complexity index is 1190. The fourth-order valence-corrected chi connectivity index (χ4v) is 5.04. The van der Waals surface area contributed by atoms with E-state index in [-0.39, 0.29) is 11.4 Å². The molecule has 6 heteroatoms. The first kappa shape index (κ1) is 22.6. The highest BCUT2D eigenvalue weighted by Gasteiger charge is 2.27. The SMILES string of the molecule is Cc1ccc(S(=O)(=O)N(CC(=O)Nc2c(C)cc(C)cc2C)c2cccc(C)c2)cc1. The number of rotatable bonds is 6. The van der Waals surface area contributed by atoms with Crippen LogP contribution in [0.25, 0.3) is 0 Å². The Morgan fingerprint density at radius 1 is 0.806 bits per heavy atom. The number of hydrogen-bond acceptors (Lipinski definition) is 3. The van der Waals surface area contributed by atoms with E-state index in [1.54, 1.807) is 42.5 Å². The summed E-state index contributed by atoms with van der Waals surface area (Å²) in [6.07, 6.45) is 0. The summed E-state index contributed by atoms with van der Waals surface area (Å²) >= 11 is 0. The van der Waals surface area contributed by atoms with Crippen LogP contribution in [0.5, 0.6) is 0 Å². The average molecular weight is 437 g/mol. The monoisotopic (exact) mass is 436 g/mol. The molecular formula is C25H28N2O3S. The summed E-state index contributed by atoms with van der Waals surface area (Å²) in [4.78, 5) is 13.1. The van der Waals surface area contributed by atoms with Crippen molar-refractivity contribution in [3.8, 4) is 0 Å². The average Bonchev–Trinajstić information content (AvgIpc) is 2.69. The zero-order chi connectivity index (χ0) is 22.8. The molecule has 1 N–H and O–H groups in total. The van der Waals surface area contributed by atoms with Gasteiger partial charge in [0.25, 0.3) is 10.0 Å². The number of benzene rings is 3. The van der Waals surface area contributed by atoms with E-state index in [2.05, 4.69) is 5.32 Å². The van der Waals surface area contributed by atoms with E-state index in [0.717, 1.165) is 27.8 Å². The molecule has 0 aromatic heterocycles. The van der Waals surface area contributed by atoms with E-state index < -0.39 is 15.9 Å². The Hall–Kier alpha value is -3.12. The third-order valence-corrected chi connectivity index (χ3v) is 6.92. The summed E-state index contributed by atoms with van der Waals surface area (Å²) in [5.74, 6) is -0.396. The van der Waals surface area contributed by atoms with Gasteiger partial charge < -0.3 is 5.32 Å². The summed E-state index contributed by atoms with van der Waals surface area (Å²) < 4.78 is 28.1. The van der Waals surface area contributed by atoms with Gasteiger partial charge in [0.05, 0.1) is 10.6 Å². The first-order valence-electron chi connectivity index (χ1n) is 10.1. The predicted molar refractivity (Wildman–Crippen MR) is 126 cm³/mol. The second-order valence-corrected chi connectivity index (χ2v) is 9.85. The van der Waals surface area contributed by atoms with E-state index in [1.807, 2.05) is 52.8 Å². The summed E-state index contributed by atoms with van der Waals surface area (Å²) in [5.41, 5.74) is 6.02. The number of nitrogens with zero attached hydrogens (tertiary/aromatic N) is 1. The summed E-state index contributed by atoms with van der Waals surface area (Å²) in [6.45, 7) is 9.31. The number of anilines is 2. The number of hydrogen-bond donors (Lipinski definition) is 1. The van der Waals surface area contributed by atoms with Crippen molar-refractivity contribution in [2.45, 2.75) is 39.5 Å². The highest BCUT2D eigenvalue weighted by atomic mass is 32.2. The van der Waals surface area contributed by atoms with Gasteiger partial charge in [-0.3, -0.25) is 9.10 Å². The quantitative estimate of drug-likeness (QED) is 0.587. The number of carbonyl (C=O) groups excluding carboxylic acids is 1. The molecule has 0 radical (unpaired) electrons. The number of sulfonamides is 1. The van der Waals surface area contributed by atoms with E-state index in [9.17, 15) is 13.2 Å². The Kier molecular flexibility index (Phi) is 6.51. The summed E-state index contributed by atoms with van der Waals surface area (Å²) in [6, 6.07) is 17.8. The lowest BCUT2D eigenvalue weighted by molar-refractivity contribution is -0.114. The van der Waals surface area contributed by atoms with Gasteiger partial charge in [0.15, 0.2) is 0 Å². The van der Waals surface area contributed by atoms with Crippen molar-refractivity contribution in [3.63, 3.8) is 0 Å². The molecule has 0 saturated heterocycles. The van der Waals surface area contributed by atoms with Crippen molar-refractivity contribution in [2.24, 2.45) is 0 Å². The van der Waals surface area contributed by atoms with Crippen molar-refractivity contribution in [3.05, 3.63) is 88.5 Å². The van der Waals surface area contributed by atoms with Crippen LogP contribution in [0.3, 0.4) is 0 Å². The predicted octanol–water partition coefficient (Wildman–Crippen LogP) is 5.06. The third-order valence-electron chi connectivity index (χ3n) is 5.13. The van der Waals surface area contributed by atoms with Gasteiger partial charge in [-0.05, 0) is 75.6 Å². The zero-order valence-corrected chi connectivity index (χ0v) is 19.4. The summed E-state index contributed by atoms with van der Waals surface area (Å²) in [7, 11) is -3.93. The third kappa shape index (κ3) is 5.14. The molecule has 0 fully saturated rings. The highest BCUT2D eigenvalue weighted by molar-refractivity contribution is 7.92. The highest BCUT2D eigenvalue weighted by Crippen LogP contribution is 2.26. The van der Waals surface area contributed by atoms with Crippen LogP contribution >= 0.6 is 0 Å². The molecule has 5 nitrogen and oxygen atoms in total. The standard InChI is InChI=1S/C25H28N2O3S/c1-17-9-11-23(12-10-17)31(29,30)27(22-8-6-7-18(2)15-22)16-24(28)26-25-20(4)13-19(3)14-21(25)5/h6-15H,16H2,1-5H3,(H,26,28). The Morgan fingerprint density at radius 2 is 1.42 bits per heavy atom. The van der Waals surface area contributed by atoms with Gasteiger partial charge in [0.1, 0.15) is 6.54 Å². The molecule has 3 aromatic carbocycles. The van der Waals surface area contributed by atoms with Crippen molar-refractivity contribution < 1.29 is 13.2 Å². The molecule has 162 valence electrons. The minimum Gasteiger partial charge on any atom is -0.324 e. The van der Waals surface area contributed by atoms with Crippen molar-refractivity contribution in [1.29, 1.82) is 0 Å². The van der Waals surface area contributed by atoms with Crippen molar-refractivity contribution >= 4 is 27.3 Å². The second-order valence-electron chi connectivity index (χ2n) is 7.99. The van der Waals surface area contributed by atoms with Crippen LogP contribution in [-0.4, -0.2) is 20.9 Å². The summed E-state index contributed by atoms with van der Waals surface area (Å²) in [5, 5.41) is 2.91. The molecule has 0 aliphatic carbocycles. The van der Waals surface area contributed by atoms with Crippen LogP contribution < -0.4 is 9.62 Å². The van der Waals surface area contributed by atoms with Crippen LogP contribution in [0.2, 0.25) is 0 Å². The lowest BCUT2D eigenvalue weighted by atomic mass is 10.1. The molecule has 0 spiro atoms. The van der Waals surface area contributed by atoms with Crippen LogP contribution in [0.1, 0.15) is 27.8 Å². The van der Waals surface area contributed by atoms with Gasteiger partial charge >= 0.3 is 0 Å². The first-order chi connectivity index (χ1) is 14.6. The Labute approximate surface area is 184 Å². The normalized spacial score (nSPS) is 11.3. The minimum absolute atomic E-state index is 0.148. The van der Waals surface area contributed by atoms with Gasteiger partial charge in [-0.2, -0.15) is 0 Å². The van der Waals surface area contributed by atoms with Crippen molar-refractivity contribution in [2.75, 3.05) is 16.2 Å². The Balaban J connectivity index is 1.98. The molecule has 0 atom stereocenters. The maximum absolute atomic E-state index is 13.5. The molecule has 3 rings (SSSR count). The number of carbonyl (C=O) groups is 1. The van der Waals surface area contributed by atoms with E-state index in [0.29, 0.717) is 11.4 Å². The van der Waals surface area contributed by atoms with Crippen molar-refractivity contribution in [1.82, 2.24) is 0 Å². The molecule has 0 unspecified atom stereocenters. The second kappa shape index (κ2) is 8.94. The van der Waals surface area contributed by atoms with Gasteiger partial charge in [-0.1, -0.05) is 47.5 Å². The maximum Gasteiger partial charge on any atom is 0.264 e. The topological polar surface area (TPSA) is 66.5 Å². The molecule has 1 amide bonds. The van der Waals surface area contributed by atoms with Gasteiger partial charge in [-0.25, -0.2) is 8.42 Å². The smallest absolute Gasteiger partial charge is 0.264 e. The minimum atomic E-state index is -3.93. The van der Waals surface area contributed by atoms with Crippen LogP contribution in [0.15, 0.2) is 65.6 Å². The molecule has 0 bridgehead atoms. The number of nitrogens with one attached hydrogen (secondary N) is 1. The van der Waals surface area contributed by atoms with Gasteiger partial charge in [0, 0.05) is 5.69 Å². The molecule has 0 aliphatic rings. The maximum atomic E-state index is 13.5. The van der Waals surface area contributed by atoms with E-state index >= 15 is 0 Å². The lowest BCUT2D eigenvalue weighted by Crippen LogP contribution is -2.38. The molecule has 0 heterocycles. The van der Waals surface area contributed by atoms with Crippen LogP contribution in [-0.2, 0) is 14.8 Å². The first-order valence-corrected chi connectivity index (χ1v) is 11.6. The van der Waals surface area contributed by atoms with Crippen LogP contribution in [0, 0.1) is 34.6 Å². The largest absolute Gasteiger partial charge is 0.324 e. The Morgan fingerprint density at radius 3 is 2.00 bits per heavy atom.